The number of nitrogens with zero attached hydrogens (tertiary/aromatic N) is 1. The van der Waals surface area contributed by atoms with Gasteiger partial charge in [-0.15, -0.1) is 0 Å². The van der Waals surface area contributed by atoms with Gasteiger partial charge < -0.3 is 19.0 Å². The summed E-state index contributed by atoms with van der Waals surface area (Å²) in [6.07, 6.45) is 0.859. The molecule has 0 aliphatic carbocycles. The fraction of sp³-hybridized carbons (Fsp3) is 0.357. The van der Waals surface area contributed by atoms with Crippen LogP contribution in [0.4, 0.5) is 10.5 Å². The van der Waals surface area contributed by atoms with Gasteiger partial charge >= 0.3 is 6.09 Å². The molecule has 1 aliphatic rings. The van der Waals surface area contributed by atoms with Gasteiger partial charge in [0, 0.05) is 12.5 Å². The first-order chi connectivity index (χ1) is 9.72. The lowest BCUT2D eigenvalue weighted by molar-refractivity contribution is 0.0718. The molecule has 3 rings (SSSR count). The van der Waals surface area contributed by atoms with Crippen LogP contribution < -0.4 is 4.90 Å². The molecule has 1 aromatic carbocycles. The zero-order chi connectivity index (χ0) is 14.1. The predicted octanol–water partition coefficient (Wildman–Crippen LogP) is 1.90. The van der Waals surface area contributed by atoms with Crippen molar-refractivity contribution in [2.24, 2.45) is 0 Å². The van der Waals surface area contributed by atoms with E-state index >= 15 is 0 Å². The number of aliphatic hydroxyl groups excluding tert-OH is 1. The van der Waals surface area contributed by atoms with Crippen LogP contribution in [0.5, 0.6) is 0 Å². The summed E-state index contributed by atoms with van der Waals surface area (Å²) in [5.41, 5.74) is 2.07. The molecule has 0 spiro atoms. The number of furan rings is 1. The second-order valence-electron chi connectivity index (χ2n) is 4.68. The number of ether oxygens (including phenoxy) is 2. The van der Waals surface area contributed by atoms with Crippen molar-refractivity contribution in [3.63, 3.8) is 0 Å². The topological polar surface area (TPSA) is 72.1 Å². The van der Waals surface area contributed by atoms with Crippen LogP contribution in [0.1, 0.15) is 5.56 Å². The van der Waals surface area contributed by atoms with Crippen LogP contribution in [0.25, 0.3) is 11.0 Å². The quantitative estimate of drug-likeness (QED) is 0.924. The van der Waals surface area contributed by atoms with Crippen LogP contribution in [0.3, 0.4) is 0 Å². The van der Waals surface area contributed by atoms with Gasteiger partial charge in [-0.25, -0.2) is 4.79 Å². The molecule has 2 heterocycles. The Balaban J connectivity index is 1.92. The molecule has 0 bridgehead atoms. The van der Waals surface area contributed by atoms with E-state index in [4.69, 9.17) is 19.0 Å². The summed E-state index contributed by atoms with van der Waals surface area (Å²) in [7, 11) is 1.57. The van der Waals surface area contributed by atoms with Crippen molar-refractivity contribution in [1.82, 2.24) is 0 Å². The standard InChI is InChI=1S/C14H15NO5/c1-18-7-10-5-15(14(17)20-10)12-8-19-13-4-9(6-16)2-3-11(12)13/h2-4,8,10,16H,5-7H2,1H3/t10-/m1/s1. The minimum atomic E-state index is -0.402. The van der Waals surface area contributed by atoms with E-state index in [2.05, 4.69) is 0 Å². The van der Waals surface area contributed by atoms with Crippen LogP contribution in [0, 0.1) is 0 Å². The molecular weight excluding hydrogens is 262 g/mol. The van der Waals surface area contributed by atoms with Crippen LogP contribution in [0.15, 0.2) is 28.9 Å². The monoisotopic (exact) mass is 277 g/mol. The molecule has 1 aliphatic heterocycles. The van der Waals surface area contributed by atoms with Crippen LogP contribution in [-0.4, -0.2) is 37.6 Å². The van der Waals surface area contributed by atoms with Crippen LogP contribution in [0.2, 0.25) is 0 Å². The fourth-order valence-electron chi connectivity index (χ4n) is 2.36. The molecule has 0 saturated carbocycles. The first-order valence-corrected chi connectivity index (χ1v) is 6.31. The number of rotatable bonds is 4. The minimum absolute atomic E-state index is 0.0480. The number of benzene rings is 1. The summed E-state index contributed by atoms with van der Waals surface area (Å²) in [6.45, 7) is 0.753. The third-order valence-corrected chi connectivity index (χ3v) is 3.32. The normalized spacial score (nSPS) is 18.8. The van der Waals surface area contributed by atoms with Crippen molar-refractivity contribution in [2.75, 3.05) is 25.2 Å². The number of hydrogen-bond acceptors (Lipinski definition) is 5. The Morgan fingerprint density at radius 3 is 3.10 bits per heavy atom. The third kappa shape index (κ3) is 2.13. The largest absolute Gasteiger partial charge is 0.462 e. The number of carbonyl (C=O) groups is 1. The maximum Gasteiger partial charge on any atom is 0.414 e. The van der Waals surface area contributed by atoms with Crippen molar-refractivity contribution in [3.05, 3.63) is 30.0 Å². The summed E-state index contributed by atoms with van der Waals surface area (Å²) >= 11 is 0. The second kappa shape index (κ2) is 5.15. The fourth-order valence-corrected chi connectivity index (χ4v) is 2.36. The molecule has 1 fully saturated rings. The van der Waals surface area contributed by atoms with E-state index in [9.17, 15) is 4.79 Å². The highest BCUT2D eigenvalue weighted by Gasteiger charge is 2.34. The molecule has 20 heavy (non-hydrogen) atoms. The van der Waals surface area contributed by atoms with Gasteiger partial charge in [0.05, 0.1) is 25.4 Å². The molecule has 6 heteroatoms. The second-order valence-corrected chi connectivity index (χ2v) is 4.68. The minimum Gasteiger partial charge on any atom is -0.462 e. The molecule has 1 amide bonds. The molecule has 1 atom stereocenters. The number of fused-ring (bicyclic) bond motifs is 1. The van der Waals surface area contributed by atoms with Gasteiger partial charge in [-0.05, 0) is 17.7 Å². The molecule has 0 unspecified atom stereocenters. The molecule has 0 radical (unpaired) electrons. The van der Waals surface area contributed by atoms with Gasteiger partial charge in [0.25, 0.3) is 0 Å². The average Bonchev–Trinajstić information content (AvgIpc) is 3.01. The number of amides is 1. The van der Waals surface area contributed by atoms with Crippen molar-refractivity contribution in [3.8, 4) is 0 Å². The number of hydrogen-bond donors (Lipinski definition) is 1. The predicted molar refractivity (Wildman–Crippen MR) is 71.6 cm³/mol. The summed E-state index contributed by atoms with van der Waals surface area (Å²) in [4.78, 5) is 13.4. The molecule has 106 valence electrons. The van der Waals surface area contributed by atoms with E-state index in [1.54, 1.807) is 19.2 Å². The number of carbonyl (C=O) groups excluding carboxylic acids is 1. The van der Waals surface area contributed by atoms with E-state index < -0.39 is 6.09 Å². The highest BCUT2D eigenvalue weighted by molar-refractivity contribution is 6.01. The summed E-state index contributed by atoms with van der Waals surface area (Å²) < 4.78 is 15.7. The SMILES string of the molecule is COC[C@H]1CN(c2coc3cc(CO)ccc23)C(=O)O1. The molecule has 1 aromatic heterocycles. The summed E-state index contributed by atoms with van der Waals surface area (Å²) in [5, 5.41) is 9.93. The molecule has 1 saturated heterocycles. The van der Waals surface area contributed by atoms with E-state index in [0.29, 0.717) is 24.4 Å². The highest BCUT2D eigenvalue weighted by atomic mass is 16.6. The van der Waals surface area contributed by atoms with E-state index in [0.717, 1.165) is 10.9 Å². The maximum absolute atomic E-state index is 11.9. The Bertz CT molecular complexity index is 636. The Kier molecular flexibility index (Phi) is 3.33. The third-order valence-electron chi connectivity index (χ3n) is 3.32. The average molecular weight is 277 g/mol. The summed E-state index contributed by atoms with van der Waals surface area (Å²) in [5.74, 6) is 0. The zero-order valence-electron chi connectivity index (χ0n) is 11.0. The zero-order valence-corrected chi connectivity index (χ0v) is 11.0. The lowest BCUT2D eigenvalue weighted by Crippen LogP contribution is -2.25. The smallest absolute Gasteiger partial charge is 0.414 e. The van der Waals surface area contributed by atoms with Crippen LogP contribution in [-0.2, 0) is 16.1 Å². The van der Waals surface area contributed by atoms with Gasteiger partial charge in [-0.2, -0.15) is 0 Å². The lowest BCUT2D eigenvalue weighted by atomic mass is 10.1. The van der Waals surface area contributed by atoms with Crippen molar-refractivity contribution in [1.29, 1.82) is 0 Å². The molecule has 6 nitrogen and oxygen atoms in total. The van der Waals surface area contributed by atoms with Crippen molar-refractivity contribution in [2.45, 2.75) is 12.7 Å². The van der Waals surface area contributed by atoms with Gasteiger partial charge in [0.15, 0.2) is 0 Å². The van der Waals surface area contributed by atoms with Gasteiger partial charge in [0.1, 0.15) is 18.0 Å². The van der Waals surface area contributed by atoms with Gasteiger partial charge in [-0.1, -0.05) is 6.07 Å². The first-order valence-electron chi connectivity index (χ1n) is 6.31. The van der Waals surface area contributed by atoms with Crippen LogP contribution >= 0.6 is 0 Å². The Morgan fingerprint density at radius 1 is 1.50 bits per heavy atom. The first kappa shape index (κ1) is 13.0. The van der Waals surface area contributed by atoms with E-state index in [1.165, 1.54) is 11.2 Å². The number of aliphatic hydroxyl groups is 1. The lowest BCUT2D eigenvalue weighted by Gasteiger charge is -2.10. The Labute approximate surface area is 115 Å². The van der Waals surface area contributed by atoms with Crippen molar-refractivity contribution < 1.29 is 23.8 Å². The van der Waals surface area contributed by atoms with E-state index in [-0.39, 0.29) is 12.7 Å². The number of methoxy groups -OCH3 is 1. The summed E-state index contributed by atoms with van der Waals surface area (Å²) in [6, 6.07) is 5.39. The van der Waals surface area contributed by atoms with E-state index in [1.807, 2.05) is 6.07 Å². The van der Waals surface area contributed by atoms with Gasteiger partial charge in [0.2, 0.25) is 0 Å². The Hall–Kier alpha value is -2.05. The molecular formula is C14H15NO5. The molecule has 2 aromatic rings. The Morgan fingerprint density at radius 2 is 2.35 bits per heavy atom. The van der Waals surface area contributed by atoms with Gasteiger partial charge in [-0.3, -0.25) is 4.90 Å². The maximum atomic E-state index is 11.9. The number of cyclic esters (lactones) is 1. The highest BCUT2D eigenvalue weighted by Crippen LogP contribution is 2.32. The molecule has 1 N–H and O–H groups in total. The van der Waals surface area contributed by atoms with Crippen molar-refractivity contribution >= 4 is 22.7 Å². The number of anilines is 1.